The molecule has 1 N–H and O–H groups in total. The Hall–Kier alpha value is -1.88. The first-order valence-electron chi connectivity index (χ1n) is 5.37. The van der Waals surface area contributed by atoms with Crippen molar-refractivity contribution in [1.29, 1.82) is 0 Å². The summed E-state index contributed by atoms with van der Waals surface area (Å²) < 4.78 is 31.1. The molecule has 0 aliphatic rings. The Kier molecular flexibility index (Phi) is 3.85. The fraction of sp³-hybridized carbons (Fsp3) is 0.154. The topological polar surface area (TPSA) is 42.1 Å². The van der Waals surface area contributed by atoms with E-state index in [9.17, 15) is 13.6 Å². The smallest absolute Gasteiger partial charge is 0.264 e. The van der Waals surface area contributed by atoms with E-state index in [1.54, 1.807) is 0 Å². The van der Waals surface area contributed by atoms with Crippen molar-refractivity contribution < 1.29 is 13.5 Å². The van der Waals surface area contributed by atoms with Gasteiger partial charge >= 0.3 is 0 Å². The minimum absolute atomic E-state index is 0.186. The molecule has 100 valence electrons. The van der Waals surface area contributed by atoms with Crippen molar-refractivity contribution >= 4 is 11.6 Å². The number of hydrogen-bond acceptors (Lipinski definition) is 2. The third-order valence-electron chi connectivity index (χ3n) is 2.65. The number of halogens is 3. The quantitative estimate of drug-likeness (QED) is 0.935. The summed E-state index contributed by atoms with van der Waals surface area (Å²) in [6.45, 7) is 0. The van der Waals surface area contributed by atoms with Crippen LogP contribution in [0.4, 0.5) is 8.78 Å². The number of nitrogens with one attached hydrogen (secondary N) is 1. The highest BCUT2D eigenvalue weighted by Crippen LogP contribution is 2.36. The van der Waals surface area contributed by atoms with Gasteiger partial charge in [-0.15, -0.1) is 0 Å². The van der Waals surface area contributed by atoms with Crippen molar-refractivity contribution in [2.75, 3.05) is 7.11 Å². The zero-order valence-corrected chi connectivity index (χ0v) is 10.7. The monoisotopic (exact) mass is 285 g/mol. The summed E-state index contributed by atoms with van der Waals surface area (Å²) in [6.07, 6.45) is -1.34. The van der Waals surface area contributed by atoms with E-state index >= 15 is 0 Å². The van der Waals surface area contributed by atoms with Gasteiger partial charge in [0.2, 0.25) is 5.56 Å². The fourth-order valence-corrected chi connectivity index (χ4v) is 1.96. The molecule has 1 heterocycles. The Labute approximate surface area is 112 Å². The van der Waals surface area contributed by atoms with Gasteiger partial charge in [0.25, 0.3) is 6.43 Å². The van der Waals surface area contributed by atoms with Crippen molar-refractivity contribution in [2.45, 2.75) is 6.43 Å². The van der Waals surface area contributed by atoms with Gasteiger partial charge in [0, 0.05) is 28.4 Å². The Morgan fingerprint density at radius 3 is 2.63 bits per heavy atom. The van der Waals surface area contributed by atoms with Gasteiger partial charge in [0.1, 0.15) is 5.75 Å². The summed E-state index contributed by atoms with van der Waals surface area (Å²) in [4.78, 5) is 13.8. The van der Waals surface area contributed by atoms with E-state index in [2.05, 4.69) is 4.98 Å². The van der Waals surface area contributed by atoms with Crippen molar-refractivity contribution in [3.8, 4) is 16.9 Å². The predicted octanol–water partition coefficient (Wildman–Crippen LogP) is 3.64. The minimum Gasteiger partial charge on any atom is -0.495 e. The molecule has 0 spiro atoms. The zero-order chi connectivity index (χ0) is 14.0. The van der Waals surface area contributed by atoms with Crippen LogP contribution in [0.3, 0.4) is 0 Å². The van der Waals surface area contributed by atoms with Crippen LogP contribution < -0.4 is 10.3 Å². The SMILES string of the molecule is COc1c[nH]c(=O)cc1-c1cc(Cl)ccc1C(F)F. The maximum Gasteiger partial charge on any atom is 0.264 e. The van der Waals surface area contributed by atoms with Crippen LogP contribution in [0.1, 0.15) is 12.0 Å². The van der Waals surface area contributed by atoms with Crippen LogP contribution >= 0.6 is 11.6 Å². The van der Waals surface area contributed by atoms with E-state index in [-0.39, 0.29) is 16.7 Å². The lowest BCUT2D eigenvalue weighted by molar-refractivity contribution is 0.152. The molecule has 1 aromatic heterocycles. The summed E-state index contributed by atoms with van der Waals surface area (Å²) in [5, 5.41) is 0.307. The largest absolute Gasteiger partial charge is 0.495 e. The predicted molar refractivity (Wildman–Crippen MR) is 69.0 cm³/mol. The Bertz CT molecular complexity index is 655. The van der Waals surface area contributed by atoms with Crippen molar-refractivity contribution in [3.63, 3.8) is 0 Å². The van der Waals surface area contributed by atoms with Crippen LogP contribution in [0.25, 0.3) is 11.1 Å². The molecule has 1 aromatic carbocycles. The number of ether oxygens (including phenoxy) is 1. The van der Waals surface area contributed by atoms with E-state index in [1.807, 2.05) is 0 Å². The third kappa shape index (κ3) is 2.76. The first-order valence-corrected chi connectivity index (χ1v) is 5.75. The van der Waals surface area contributed by atoms with Gasteiger partial charge in [0.15, 0.2) is 0 Å². The first kappa shape index (κ1) is 13.5. The van der Waals surface area contributed by atoms with E-state index < -0.39 is 12.0 Å². The summed E-state index contributed by atoms with van der Waals surface area (Å²) >= 11 is 5.84. The summed E-state index contributed by atoms with van der Waals surface area (Å²) in [6, 6.07) is 5.21. The van der Waals surface area contributed by atoms with Crippen LogP contribution in [0.15, 0.2) is 35.3 Å². The molecule has 2 aromatic rings. The number of hydrogen-bond donors (Lipinski definition) is 1. The number of benzene rings is 1. The zero-order valence-electron chi connectivity index (χ0n) is 9.91. The van der Waals surface area contributed by atoms with Crippen molar-refractivity contribution in [3.05, 3.63) is 51.4 Å². The molecular formula is C13H10ClF2NO2. The highest BCUT2D eigenvalue weighted by atomic mass is 35.5. The third-order valence-corrected chi connectivity index (χ3v) is 2.88. The van der Waals surface area contributed by atoms with E-state index in [1.165, 1.54) is 37.6 Å². The van der Waals surface area contributed by atoms with Crippen LogP contribution in [-0.2, 0) is 0 Å². The van der Waals surface area contributed by atoms with Gasteiger partial charge < -0.3 is 9.72 Å². The average molecular weight is 286 g/mol. The summed E-state index contributed by atoms with van der Waals surface area (Å²) in [7, 11) is 1.39. The molecule has 6 heteroatoms. The average Bonchev–Trinajstić information content (AvgIpc) is 2.38. The second-order valence-electron chi connectivity index (χ2n) is 3.81. The molecule has 0 bridgehead atoms. The lowest BCUT2D eigenvalue weighted by atomic mass is 10.00. The summed E-state index contributed by atoms with van der Waals surface area (Å²) in [5.41, 5.74) is -0.140. The Balaban J connectivity index is 2.73. The van der Waals surface area contributed by atoms with Crippen molar-refractivity contribution in [1.82, 2.24) is 4.98 Å². The van der Waals surface area contributed by atoms with Crippen LogP contribution in [0, 0.1) is 0 Å². The van der Waals surface area contributed by atoms with Gasteiger partial charge in [-0.05, 0) is 17.7 Å². The Morgan fingerprint density at radius 1 is 1.26 bits per heavy atom. The molecule has 0 saturated carbocycles. The molecule has 19 heavy (non-hydrogen) atoms. The van der Waals surface area contributed by atoms with E-state index in [0.717, 1.165) is 0 Å². The number of pyridine rings is 1. The second-order valence-corrected chi connectivity index (χ2v) is 4.25. The van der Waals surface area contributed by atoms with Gasteiger partial charge in [-0.3, -0.25) is 4.79 Å². The highest BCUT2D eigenvalue weighted by molar-refractivity contribution is 6.30. The lowest BCUT2D eigenvalue weighted by Gasteiger charge is -2.12. The molecule has 2 rings (SSSR count). The molecular weight excluding hydrogens is 276 g/mol. The van der Waals surface area contributed by atoms with Gasteiger partial charge in [-0.25, -0.2) is 8.78 Å². The molecule has 0 amide bonds. The Morgan fingerprint density at radius 2 is 2.00 bits per heavy atom. The number of alkyl halides is 2. The van der Waals surface area contributed by atoms with Gasteiger partial charge in [-0.2, -0.15) is 0 Å². The number of aromatic nitrogens is 1. The number of H-pyrrole nitrogens is 1. The molecule has 0 radical (unpaired) electrons. The minimum atomic E-state index is -2.67. The summed E-state index contributed by atoms with van der Waals surface area (Å²) in [5.74, 6) is 0.295. The molecule has 3 nitrogen and oxygen atoms in total. The van der Waals surface area contributed by atoms with E-state index in [0.29, 0.717) is 10.8 Å². The molecule has 0 aliphatic heterocycles. The van der Waals surface area contributed by atoms with Crippen LogP contribution in [0.2, 0.25) is 5.02 Å². The van der Waals surface area contributed by atoms with Gasteiger partial charge in [-0.1, -0.05) is 17.7 Å². The van der Waals surface area contributed by atoms with Crippen LogP contribution in [-0.4, -0.2) is 12.1 Å². The second kappa shape index (κ2) is 5.40. The number of aromatic amines is 1. The van der Waals surface area contributed by atoms with Crippen molar-refractivity contribution in [2.24, 2.45) is 0 Å². The molecule has 0 unspecified atom stereocenters. The first-order chi connectivity index (χ1) is 9.02. The molecule has 0 atom stereocenters. The van der Waals surface area contributed by atoms with Gasteiger partial charge in [0.05, 0.1) is 7.11 Å². The number of rotatable bonds is 3. The molecule has 0 aliphatic carbocycles. The molecule has 0 saturated heterocycles. The highest BCUT2D eigenvalue weighted by Gasteiger charge is 2.17. The van der Waals surface area contributed by atoms with Crippen LogP contribution in [0.5, 0.6) is 5.75 Å². The fourth-order valence-electron chi connectivity index (χ4n) is 1.79. The normalized spacial score (nSPS) is 10.8. The maximum atomic E-state index is 13.0. The maximum absolute atomic E-state index is 13.0. The van der Waals surface area contributed by atoms with E-state index in [4.69, 9.17) is 16.3 Å². The lowest BCUT2D eigenvalue weighted by Crippen LogP contribution is -2.05. The standard InChI is InChI=1S/C13H10ClF2NO2/c1-19-11-6-17-12(18)5-10(11)9-4-7(14)2-3-8(9)13(15)16/h2-6,13H,1H3,(H,17,18). The number of methoxy groups -OCH3 is 1. The molecule has 0 fully saturated rings.